The molecule has 1 aromatic heterocycles. The van der Waals surface area contributed by atoms with Gasteiger partial charge in [0.05, 0.1) is 42.4 Å². The Morgan fingerprint density at radius 2 is 1.61 bits per heavy atom. The van der Waals surface area contributed by atoms with Crippen molar-refractivity contribution in [2.45, 2.75) is 56.5 Å². The van der Waals surface area contributed by atoms with Gasteiger partial charge in [-0.15, -0.1) is 0 Å². The van der Waals surface area contributed by atoms with E-state index in [1.807, 2.05) is 56.8 Å². The normalized spacial score (nSPS) is 18.6. The number of para-hydroxylation sites is 2. The predicted molar refractivity (Wildman–Crippen MR) is 208 cm³/mol. The number of nitrogens with zero attached hydrogens (tertiary/aromatic N) is 4. The average molecular weight is 774 g/mol. The summed E-state index contributed by atoms with van der Waals surface area (Å²) in [6.07, 6.45) is 4.90. The van der Waals surface area contributed by atoms with Gasteiger partial charge in [-0.2, -0.15) is 0 Å². The molecule has 2 aliphatic heterocycles. The number of piperidine rings is 1. The van der Waals surface area contributed by atoms with Crippen molar-refractivity contribution in [3.63, 3.8) is 0 Å². The smallest absolute Gasteiger partial charge is 0.290 e. The van der Waals surface area contributed by atoms with Gasteiger partial charge in [0, 0.05) is 43.2 Å². The number of fused-ring (bicyclic) bond motifs is 1. The lowest BCUT2D eigenvalue weighted by Crippen LogP contribution is -2.45. The SMILES string of the molecule is COc1cc(C(=O)N2CCC(CCC3CCCCN3C(=O)c3nc4ccccc4n3Cc3ccc(F)cc3)(c3ccc(Cl)c(Cl)c3)C2)cc(OC)c1OC. The van der Waals surface area contributed by atoms with Crippen LogP contribution in [0.1, 0.15) is 70.6 Å². The van der Waals surface area contributed by atoms with Gasteiger partial charge in [-0.1, -0.05) is 53.5 Å². The van der Waals surface area contributed by atoms with Crippen LogP contribution < -0.4 is 14.2 Å². The Balaban J connectivity index is 1.17. The van der Waals surface area contributed by atoms with Crippen molar-refractivity contribution in [2.24, 2.45) is 0 Å². The number of methoxy groups -OCH3 is 3. The molecule has 4 aromatic carbocycles. The fraction of sp³-hybridized carbons (Fsp3) is 0.357. The number of rotatable bonds is 11. The molecular weight excluding hydrogens is 730 g/mol. The highest BCUT2D eigenvalue weighted by Crippen LogP contribution is 2.44. The summed E-state index contributed by atoms with van der Waals surface area (Å²) in [7, 11) is 4.58. The number of benzene rings is 4. The van der Waals surface area contributed by atoms with Crippen molar-refractivity contribution in [3.8, 4) is 17.2 Å². The quantitative estimate of drug-likeness (QED) is 0.133. The van der Waals surface area contributed by atoms with Crippen LogP contribution in [0.15, 0.2) is 78.9 Å². The van der Waals surface area contributed by atoms with E-state index >= 15 is 0 Å². The van der Waals surface area contributed by atoms with Gasteiger partial charge in [0.2, 0.25) is 11.6 Å². The van der Waals surface area contributed by atoms with Crippen molar-refractivity contribution in [2.75, 3.05) is 41.0 Å². The molecule has 2 saturated heterocycles. The van der Waals surface area contributed by atoms with Crippen LogP contribution in [0.3, 0.4) is 0 Å². The van der Waals surface area contributed by atoms with Crippen LogP contribution in [0.2, 0.25) is 10.0 Å². The van der Waals surface area contributed by atoms with Crippen molar-refractivity contribution in [1.82, 2.24) is 19.4 Å². The molecule has 0 N–H and O–H groups in total. The number of halogens is 3. The van der Waals surface area contributed by atoms with E-state index in [9.17, 15) is 14.0 Å². The van der Waals surface area contributed by atoms with Gasteiger partial charge in [0.25, 0.3) is 11.8 Å². The van der Waals surface area contributed by atoms with Crippen molar-refractivity contribution in [3.05, 3.63) is 117 Å². The van der Waals surface area contributed by atoms with Crippen LogP contribution in [0.5, 0.6) is 17.2 Å². The Morgan fingerprint density at radius 1 is 0.870 bits per heavy atom. The van der Waals surface area contributed by atoms with Gasteiger partial charge in [0.1, 0.15) is 5.82 Å². The lowest BCUT2D eigenvalue weighted by atomic mass is 9.74. The number of amides is 2. The average Bonchev–Trinajstić information content (AvgIpc) is 3.80. The molecule has 9 nitrogen and oxygen atoms in total. The van der Waals surface area contributed by atoms with Crippen LogP contribution in [0.25, 0.3) is 11.0 Å². The highest BCUT2D eigenvalue weighted by molar-refractivity contribution is 6.42. The molecular formula is C42H43Cl2FN4O5. The zero-order valence-corrected chi connectivity index (χ0v) is 32.1. The van der Waals surface area contributed by atoms with Crippen LogP contribution >= 0.6 is 23.2 Å². The number of ether oxygens (including phenoxy) is 3. The number of carbonyl (C=O) groups is 2. The summed E-state index contributed by atoms with van der Waals surface area (Å²) in [5.74, 6) is 1.02. The lowest BCUT2D eigenvalue weighted by Gasteiger charge is -2.38. The van der Waals surface area contributed by atoms with Gasteiger partial charge < -0.3 is 28.6 Å². The molecule has 0 bridgehead atoms. The zero-order chi connectivity index (χ0) is 38.0. The minimum Gasteiger partial charge on any atom is -0.493 e. The summed E-state index contributed by atoms with van der Waals surface area (Å²) in [5, 5.41) is 0.920. The van der Waals surface area contributed by atoms with Gasteiger partial charge in [-0.25, -0.2) is 9.37 Å². The number of aromatic nitrogens is 2. The summed E-state index contributed by atoms with van der Waals surface area (Å²) in [5.41, 5.74) is 3.46. The minimum absolute atomic E-state index is 0.0372. The Bertz CT molecular complexity index is 2150. The van der Waals surface area contributed by atoms with Gasteiger partial charge in [0.15, 0.2) is 11.5 Å². The zero-order valence-electron chi connectivity index (χ0n) is 30.6. The molecule has 2 amide bonds. The Labute approximate surface area is 324 Å². The first-order valence-corrected chi connectivity index (χ1v) is 19.0. The maximum absolute atomic E-state index is 14.6. The molecule has 5 aromatic rings. The van der Waals surface area contributed by atoms with Crippen LogP contribution in [-0.2, 0) is 12.0 Å². The van der Waals surface area contributed by atoms with E-state index in [0.717, 1.165) is 47.8 Å². The van der Waals surface area contributed by atoms with Crippen molar-refractivity contribution in [1.29, 1.82) is 0 Å². The highest BCUT2D eigenvalue weighted by atomic mass is 35.5. The van der Waals surface area contributed by atoms with Crippen LogP contribution in [-0.4, -0.2) is 78.2 Å². The first kappa shape index (κ1) is 37.5. The summed E-state index contributed by atoms with van der Waals surface area (Å²) in [6.45, 7) is 1.98. The molecule has 54 heavy (non-hydrogen) atoms. The third-order valence-corrected chi connectivity index (χ3v) is 11.8. The number of imidazole rings is 1. The highest BCUT2D eigenvalue weighted by Gasteiger charge is 2.43. The second-order valence-electron chi connectivity index (χ2n) is 14.1. The number of hydrogen-bond donors (Lipinski definition) is 0. The first-order chi connectivity index (χ1) is 26.1. The summed E-state index contributed by atoms with van der Waals surface area (Å²) in [6, 6.07) is 23.1. The Kier molecular flexibility index (Phi) is 11.0. The van der Waals surface area contributed by atoms with Gasteiger partial charge in [-0.3, -0.25) is 9.59 Å². The predicted octanol–water partition coefficient (Wildman–Crippen LogP) is 8.82. The molecule has 0 radical (unpaired) electrons. The number of hydrogen-bond acceptors (Lipinski definition) is 6. The van der Waals surface area contributed by atoms with Gasteiger partial charge in [-0.05, 0) is 98.2 Å². The molecule has 2 fully saturated rings. The summed E-state index contributed by atoms with van der Waals surface area (Å²) >= 11 is 13.0. The number of likely N-dealkylation sites (tertiary alicyclic amines) is 2. The molecule has 0 spiro atoms. The molecule has 2 aliphatic rings. The molecule has 0 aliphatic carbocycles. The van der Waals surface area contributed by atoms with E-state index in [1.54, 1.807) is 24.3 Å². The lowest BCUT2D eigenvalue weighted by molar-refractivity contribution is 0.0571. The molecule has 282 valence electrons. The Hall–Kier alpha value is -4.80. The van der Waals surface area contributed by atoms with E-state index in [-0.39, 0.29) is 23.7 Å². The summed E-state index contributed by atoms with van der Waals surface area (Å²) < 4.78 is 32.3. The molecule has 7 rings (SSSR count). The topological polar surface area (TPSA) is 86.1 Å². The van der Waals surface area contributed by atoms with E-state index in [4.69, 9.17) is 42.4 Å². The fourth-order valence-corrected chi connectivity index (χ4v) is 8.45. The second kappa shape index (κ2) is 15.9. The van der Waals surface area contributed by atoms with Crippen LogP contribution in [0, 0.1) is 5.82 Å². The summed E-state index contributed by atoms with van der Waals surface area (Å²) in [4.78, 5) is 37.4. The Morgan fingerprint density at radius 3 is 2.31 bits per heavy atom. The van der Waals surface area contributed by atoms with Gasteiger partial charge >= 0.3 is 0 Å². The second-order valence-corrected chi connectivity index (χ2v) is 14.9. The van der Waals surface area contributed by atoms with Crippen molar-refractivity contribution < 1.29 is 28.2 Å². The third kappa shape index (κ3) is 7.33. The van der Waals surface area contributed by atoms with E-state index in [2.05, 4.69) is 0 Å². The molecule has 2 unspecified atom stereocenters. The van der Waals surface area contributed by atoms with Crippen LogP contribution in [0.4, 0.5) is 4.39 Å². The standard InChI is InChI=1S/C42H43Cl2FN4O5/c1-52-36-22-28(23-37(53-2)38(36)54-3)40(50)47-21-19-42(26-47,29-13-16-32(43)33(44)24-29)18-17-31-8-6-7-20-48(31)41(51)39-46-34-9-4-5-10-35(34)49(39)25-27-11-14-30(45)15-12-27/h4-5,9-16,22-24,31H,6-8,17-21,25-26H2,1-3H3. The van der Waals surface area contributed by atoms with E-state index in [1.165, 1.54) is 33.5 Å². The molecule has 2 atom stereocenters. The molecule has 0 saturated carbocycles. The largest absolute Gasteiger partial charge is 0.493 e. The third-order valence-electron chi connectivity index (χ3n) is 11.0. The maximum atomic E-state index is 14.6. The minimum atomic E-state index is -0.438. The molecule has 12 heteroatoms. The fourth-order valence-electron chi connectivity index (χ4n) is 8.15. The molecule has 3 heterocycles. The monoisotopic (exact) mass is 772 g/mol. The van der Waals surface area contributed by atoms with Crippen molar-refractivity contribution >= 4 is 46.0 Å². The number of carbonyl (C=O) groups excluding carboxylic acids is 2. The first-order valence-electron chi connectivity index (χ1n) is 18.2. The van der Waals surface area contributed by atoms with E-state index in [0.29, 0.717) is 77.7 Å². The van der Waals surface area contributed by atoms with E-state index < -0.39 is 5.41 Å². The maximum Gasteiger partial charge on any atom is 0.290 e.